The van der Waals surface area contributed by atoms with Crippen LogP contribution in [0.25, 0.3) is 0 Å². The Bertz CT molecular complexity index is 853. The number of hydrogen-bond acceptors (Lipinski definition) is 5. The van der Waals surface area contributed by atoms with Gasteiger partial charge < -0.3 is 9.64 Å². The Morgan fingerprint density at radius 3 is 2.70 bits per heavy atom. The van der Waals surface area contributed by atoms with E-state index in [9.17, 15) is 13.6 Å². The molecule has 0 spiro atoms. The quantitative estimate of drug-likeness (QED) is 0.726. The van der Waals surface area contributed by atoms with E-state index >= 15 is 0 Å². The molecule has 1 aliphatic carbocycles. The summed E-state index contributed by atoms with van der Waals surface area (Å²) < 4.78 is 33.4. The van der Waals surface area contributed by atoms with Gasteiger partial charge in [0.15, 0.2) is 0 Å². The monoisotopic (exact) mass is 376 g/mol. The molecule has 0 bridgehead atoms. The molecule has 2 aliphatic rings. The van der Waals surface area contributed by atoms with Gasteiger partial charge >= 0.3 is 5.97 Å². The predicted octanol–water partition coefficient (Wildman–Crippen LogP) is 2.77. The second kappa shape index (κ2) is 6.58. The third-order valence-corrected chi connectivity index (χ3v) is 5.39. The Kier molecular flexibility index (Phi) is 4.36. The number of halogens is 2. The number of ether oxygens (including phenoxy) is 1. The summed E-state index contributed by atoms with van der Waals surface area (Å²) in [6.45, 7) is 5.32. The molecule has 144 valence electrons. The second-order valence-corrected chi connectivity index (χ2v) is 7.07. The molecular weight excluding hydrogens is 354 g/mol. The number of pyridine rings is 1. The molecule has 1 saturated heterocycles. The van der Waals surface area contributed by atoms with E-state index in [-0.39, 0.29) is 0 Å². The number of fused-ring (bicyclic) bond motifs is 1. The first-order valence-corrected chi connectivity index (χ1v) is 9.25. The number of aromatic nitrogens is 3. The van der Waals surface area contributed by atoms with Crippen molar-refractivity contribution in [2.45, 2.75) is 32.7 Å². The zero-order chi connectivity index (χ0) is 19.2. The van der Waals surface area contributed by atoms with Gasteiger partial charge in [0.05, 0.1) is 36.7 Å². The van der Waals surface area contributed by atoms with E-state index in [1.54, 1.807) is 17.8 Å². The minimum absolute atomic E-state index is 0.319. The van der Waals surface area contributed by atoms with Crippen LogP contribution in [0.5, 0.6) is 0 Å². The van der Waals surface area contributed by atoms with Crippen LogP contribution in [-0.2, 0) is 17.7 Å². The van der Waals surface area contributed by atoms with Crippen molar-refractivity contribution in [2.75, 3.05) is 24.6 Å². The van der Waals surface area contributed by atoms with Gasteiger partial charge in [-0.1, -0.05) is 13.0 Å². The van der Waals surface area contributed by atoms with Crippen molar-refractivity contribution in [3.63, 3.8) is 0 Å². The third kappa shape index (κ3) is 3.17. The molecule has 2 aromatic heterocycles. The lowest BCUT2D eigenvalue weighted by molar-refractivity contribution is 0.0526. The fourth-order valence-corrected chi connectivity index (χ4v) is 3.78. The van der Waals surface area contributed by atoms with Gasteiger partial charge in [0.1, 0.15) is 5.82 Å². The maximum atomic E-state index is 13.4. The van der Waals surface area contributed by atoms with Gasteiger partial charge in [-0.2, -0.15) is 5.10 Å². The SMILES string of the molecule is CCOC(=O)c1cnn(Cc2ccc(N3CC4C(C3)C4(F)F)nc2CC)c1. The van der Waals surface area contributed by atoms with Gasteiger partial charge in [0.2, 0.25) is 0 Å². The minimum Gasteiger partial charge on any atom is -0.462 e. The maximum Gasteiger partial charge on any atom is 0.341 e. The molecule has 2 unspecified atom stereocenters. The Hall–Kier alpha value is -2.51. The van der Waals surface area contributed by atoms with E-state index < -0.39 is 23.7 Å². The van der Waals surface area contributed by atoms with Crippen molar-refractivity contribution < 1.29 is 18.3 Å². The Morgan fingerprint density at radius 1 is 1.30 bits per heavy atom. The molecule has 1 saturated carbocycles. The molecule has 3 heterocycles. The van der Waals surface area contributed by atoms with Gasteiger partial charge in [-0.15, -0.1) is 0 Å². The first-order chi connectivity index (χ1) is 12.9. The van der Waals surface area contributed by atoms with Crippen molar-refractivity contribution in [3.05, 3.63) is 41.3 Å². The highest BCUT2D eigenvalue weighted by Gasteiger charge is 2.71. The second-order valence-electron chi connectivity index (χ2n) is 7.07. The number of nitrogens with zero attached hydrogens (tertiary/aromatic N) is 4. The summed E-state index contributed by atoms with van der Waals surface area (Å²) in [6, 6.07) is 3.85. The van der Waals surface area contributed by atoms with Crippen LogP contribution in [0, 0.1) is 11.8 Å². The van der Waals surface area contributed by atoms with E-state index in [4.69, 9.17) is 9.72 Å². The molecule has 2 aromatic rings. The van der Waals surface area contributed by atoms with Crippen molar-refractivity contribution in [1.29, 1.82) is 0 Å². The van der Waals surface area contributed by atoms with Crippen molar-refractivity contribution in [2.24, 2.45) is 11.8 Å². The van der Waals surface area contributed by atoms with Gasteiger partial charge in [0.25, 0.3) is 5.92 Å². The summed E-state index contributed by atoms with van der Waals surface area (Å²) in [4.78, 5) is 18.4. The molecule has 6 nitrogen and oxygen atoms in total. The number of hydrogen-bond donors (Lipinski definition) is 0. The molecule has 2 atom stereocenters. The highest BCUT2D eigenvalue weighted by molar-refractivity contribution is 5.88. The smallest absolute Gasteiger partial charge is 0.341 e. The van der Waals surface area contributed by atoms with Crippen molar-refractivity contribution in [1.82, 2.24) is 14.8 Å². The van der Waals surface area contributed by atoms with Gasteiger partial charge in [-0.05, 0) is 25.0 Å². The number of aryl methyl sites for hydroxylation is 1. The van der Waals surface area contributed by atoms with Crippen LogP contribution in [0.15, 0.2) is 24.5 Å². The van der Waals surface area contributed by atoms with Gasteiger partial charge in [-0.3, -0.25) is 4.68 Å². The summed E-state index contributed by atoms with van der Waals surface area (Å²) in [5.74, 6) is -3.16. The summed E-state index contributed by atoms with van der Waals surface area (Å²) in [6.07, 6.45) is 3.87. The number of rotatable bonds is 6. The zero-order valence-electron chi connectivity index (χ0n) is 15.4. The molecule has 2 fully saturated rings. The standard InChI is InChI=1S/C19H22F2N4O2/c1-3-16-12(8-25-9-13(7-22-25)18(26)27-4-2)5-6-17(23-16)24-10-14-15(11-24)19(14,20)21/h5-7,9,14-15H,3-4,8,10-11H2,1-2H3. The molecule has 0 amide bonds. The molecule has 0 N–H and O–H groups in total. The largest absolute Gasteiger partial charge is 0.462 e. The fraction of sp³-hybridized carbons (Fsp3) is 0.526. The molecule has 1 aliphatic heterocycles. The van der Waals surface area contributed by atoms with Crippen LogP contribution < -0.4 is 4.90 Å². The molecule has 8 heteroatoms. The average molecular weight is 376 g/mol. The summed E-state index contributed by atoms with van der Waals surface area (Å²) in [7, 11) is 0. The van der Waals surface area contributed by atoms with E-state index in [2.05, 4.69) is 5.10 Å². The number of anilines is 1. The minimum atomic E-state index is -2.49. The summed E-state index contributed by atoms with van der Waals surface area (Å²) in [5, 5.41) is 4.22. The van der Waals surface area contributed by atoms with Crippen LogP contribution in [0.2, 0.25) is 0 Å². The summed E-state index contributed by atoms with van der Waals surface area (Å²) in [5.41, 5.74) is 2.32. The number of piperidine rings is 1. The van der Waals surface area contributed by atoms with Crippen LogP contribution in [0.4, 0.5) is 14.6 Å². The zero-order valence-corrected chi connectivity index (χ0v) is 15.4. The van der Waals surface area contributed by atoms with Crippen LogP contribution in [-0.4, -0.2) is 46.4 Å². The Morgan fingerprint density at radius 2 is 2.04 bits per heavy atom. The Balaban J connectivity index is 1.47. The van der Waals surface area contributed by atoms with Crippen LogP contribution in [0.3, 0.4) is 0 Å². The molecule has 0 radical (unpaired) electrons. The van der Waals surface area contributed by atoms with Gasteiger partial charge in [-0.25, -0.2) is 18.6 Å². The first kappa shape index (κ1) is 17.9. The number of carbonyl (C=O) groups excluding carboxylic acids is 1. The average Bonchev–Trinajstić information content (AvgIpc) is 3.11. The van der Waals surface area contributed by atoms with Crippen molar-refractivity contribution >= 4 is 11.8 Å². The molecule has 27 heavy (non-hydrogen) atoms. The number of carbonyl (C=O) groups is 1. The normalized spacial score (nSPS) is 22.6. The highest BCUT2D eigenvalue weighted by Crippen LogP contribution is 2.59. The van der Waals surface area contributed by atoms with E-state index in [1.165, 1.54) is 6.20 Å². The van der Waals surface area contributed by atoms with E-state index in [0.717, 1.165) is 23.5 Å². The molecule has 4 rings (SSSR count). The summed E-state index contributed by atoms with van der Waals surface area (Å²) >= 11 is 0. The number of alkyl halides is 2. The number of esters is 1. The van der Waals surface area contributed by atoms with E-state index in [0.29, 0.717) is 31.8 Å². The maximum absolute atomic E-state index is 13.4. The lowest BCUT2D eigenvalue weighted by Gasteiger charge is -2.22. The predicted molar refractivity (Wildman–Crippen MR) is 95.0 cm³/mol. The Labute approximate surface area is 156 Å². The van der Waals surface area contributed by atoms with Crippen molar-refractivity contribution in [3.8, 4) is 0 Å². The van der Waals surface area contributed by atoms with Crippen LogP contribution in [0.1, 0.15) is 35.5 Å². The van der Waals surface area contributed by atoms with E-state index in [1.807, 2.05) is 24.0 Å². The lowest BCUT2D eigenvalue weighted by atomic mass is 10.1. The van der Waals surface area contributed by atoms with Gasteiger partial charge in [0, 0.05) is 25.0 Å². The van der Waals surface area contributed by atoms with Crippen LogP contribution >= 0.6 is 0 Å². The molecule has 0 aromatic carbocycles. The lowest BCUT2D eigenvalue weighted by Crippen LogP contribution is -2.28. The third-order valence-electron chi connectivity index (χ3n) is 5.39. The topological polar surface area (TPSA) is 60.2 Å². The molecular formula is C19H22F2N4O2. The highest BCUT2D eigenvalue weighted by atomic mass is 19.3. The first-order valence-electron chi connectivity index (χ1n) is 9.25. The fourth-order valence-electron chi connectivity index (χ4n) is 3.78.